The number of ketones is 1. The zero-order valence-corrected chi connectivity index (χ0v) is 26.0. The molecule has 0 radical (unpaired) electrons. The Morgan fingerprint density at radius 2 is 1.53 bits per heavy atom. The third kappa shape index (κ3) is 8.31. The Morgan fingerprint density at radius 1 is 0.867 bits per heavy atom. The maximum Gasteiger partial charge on any atom is 0.328 e. The lowest BCUT2D eigenvalue weighted by molar-refractivity contribution is -0.141. The number of methoxy groups -OCH3 is 1. The number of benzene rings is 4. The number of ether oxygens (including phenoxy) is 2. The van der Waals surface area contributed by atoms with Crippen LogP contribution in [0, 0.1) is 5.92 Å². The van der Waals surface area contributed by atoms with Crippen molar-refractivity contribution in [2.24, 2.45) is 5.92 Å². The normalized spacial score (nSPS) is 13.6. The van der Waals surface area contributed by atoms with E-state index >= 15 is 0 Å². The van der Waals surface area contributed by atoms with E-state index in [0.717, 1.165) is 36.9 Å². The van der Waals surface area contributed by atoms with Gasteiger partial charge in [0.25, 0.3) is 0 Å². The molecule has 1 saturated carbocycles. The van der Waals surface area contributed by atoms with Gasteiger partial charge in [-0.1, -0.05) is 79.0 Å². The number of carbonyl (C=O) groups is 3. The second-order valence-corrected chi connectivity index (χ2v) is 11.5. The highest BCUT2D eigenvalue weighted by molar-refractivity contribution is 6.30. The van der Waals surface area contributed by atoms with Crippen LogP contribution in [0.25, 0.3) is 0 Å². The van der Waals surface area contributed by atoms with E-state index in [1.54, 1.807) is 47.4 Å². The molecular weight excluding hydrogens is 588 g/mol. The number of hydrogen-bond acceptors (Lipinski definition) is 6. The summed E-state index contributed by atoms with van der Waals surface area (Å²) in [5, 5.41) is 3.86. The third-order valence-electron chi connectivity index (χ3n) is 8.08. The standard InChI is InChI=1S/C37H37ClN2O5/c1-44-37(43)34(39-33-14-8-7-13-32(33)35(41)27-9-3-2-4-10-27)25-26-15-21-31(22-16-26)45-24-23-40(30-19-17-29(38)18-20-30)36(42)28-11-5-6-12-28/h2-4,7-10,13-22,28,34,39H,5-6,11-12,23-25H2,1H3/t34-/m0/s1. The highest BCUT2D eigenvalue weighted by atomic mass is 35.5. The minimum Gasteiger partial charge on any atom is -0.492 e. The number of nitrogens with zero attached hydrogens (tertiary/aromatic N) is 1. The average molecular weight is 625 g/mol. The van der Waals surface area contributed by atoms with Gasteiger partial charge < -0.3 is 19.7 Å². The number of esters is 1. The van der Waals surface area contributed by atoms with Crippen LogP contribution in [-0.4, -0.2) is 44.0 Å². The van der Waals surface area contributed by atoms with Crippen LogP contribution < -0.4 is 15.0 Å². The number of hydrogen-bond donors (Lipinski definition) is 1. The van der Waals surface area contributed by atoms with E-state index < -0.39 is 12.0 Å². The summed E-state index contributed by atoms with van der Waals surface area (Å²) in [4.78, 5) is 41.1. The fourth-order valence-electron chi connectivity index (χ4n) is 5.67. The Morgan fingerprint density at radius 3 is 2.22 bits per heavy atom. The molecule has 0 aromatic heterocycles. The number of halogens is 1. The second-order valence-electron chi connectivity index (χ2n) is 11.1. The number of rotatable bonds is 13. The maximum absolute atomic E-state index is 13.3. The minimum atomic E-state index is -0.721. The topological polar surface area (TPSA) is 84.9 Å². The second kappa shape index (κ2) is 15.4. The van der Waals surface area contributed by atoms with Gasteiger partial charge in [0.1, 0.15) is 18.4 Å². The Hall–Kier alpha value is -4.62. The Kier molecular flexibility index (Phi) is 10.9. The number of anilines is 2. The number of para-hydroxylation sites is 1. The van der Waals surface area contributed by atoms with Crippen molar-refractivity contribution in [3.63, 3.8) is 0 Å². The molecule has 5 rings (SSSR count). The fourth-order valence-corrected chi connectivity index (χ4v) is 5.79. The summed E-state index contributed by atoms with van der Waals surface area (Å²) in [6, 6.07) is 30.3. The van der Waals surface area contributed by atoms with Crippen LogP contribution in [0.5, 0.6) is 5.75 Å². The summed E-state index contributed by atoms with van der Waals surface area (Å²) in [5.74, 6) is 0.251. The summed E-state index contributed by atoms with van der Waals surface area (Å²) >= 11 is 6.09. The Bertz CT molecular complexity index is 1590. The van der Waals surface area contributed by atoms with Crippen LogP contribution in [0.2, 0.25) is 5.02 Å². The molecule has 4 aromatic rings. The van der Waals surface area contributed by atoms with Crippen molar-refractivity contribution in [3.8, 4) is 5.75 Å². The summed E-state index contributed by atoms with van der Waals surface area (Å²) < 4.78 is 11.1. The molecule has 4 aromatic carbocycles. The van der Waals surface area contributed by atoms with Crippen LogP contribution >= 0.6 is 11.6 Å². The molecule has 1 amide bonds. The van der Waals surface area contributed by atoms with E-state index in [-0.39, 0.29) is 17.6 Å². The average Bonchev–Trinajstić information content (AvgIpc) is 3.63. The first-order chi connectivity index (χ1) is 21.9. The van der Waals surface area contributed by atoms with E-state index in [2.05, 4.69) is 5.32 Å². The molecule has 7 nitrogen and oxygen atoms in total. The highest BCUT2D eigenvalue weighted by Gasteiger charge is 2.28. The van der Waals surface area contributed by atoms with Crippen LogP contribution in [-0.2, 0) is 20.7 Å². The predicted octanol–water partition coefficient (Wildman–Crippen LogP) is 7.37. The van der Waals surface area contributed by atoms with Crippen molar-refractivity contribution in [1.29, 1.82) is 0 Å². The van der Waals surface area contributed by atoms with Gasteiger partial charge in [0.05, 0.1) is 13.7 Å². The molecule has 0 aliphatic heterocycles. The van der Waals surface area contributed by atoms with Crippen LogP contribution in [0.3, 0.4) is 0 Å². The highest BCUT2D eigenvalue weighted by Crippen LogP contribution is 2.29. The Balaban J connectivity index is 1.23. The molecule has 0 unspecified atom stereocenters. The molecule has 1 N–H and O–H groups in total. The predicted molar refractivity (Wildman–Crippen MR) is 177 cm³/mol. The van der Waals surface area contributed by atoms with Gasteiger partial charge in [-0.05, 0) is 66.9 Å². The van der Waals surface area contributed by atoms with Gasteiger partial charge in [0.15, 0.2) is 5.78 Å². The van der Waals surface area contributed by atoms with Crippen molar-refractivity contribution in [2.75, 3.05) is 30.5 Å². The zero-order chi connectivity index (χ0) is 31.6. The first kappa shape index (κ1) is 31.8. The lowest BCUT2D eigenvalue weighted by Gasteiger charge is -2.26. The molecule has 1 atom stereocenters. The first-order valence-electron chi connectivity index (χ1n) is 15.2. The smallest absolute Gasteiger partial charge is 0.328 e. The fraction of sp³-hybridized carbons (Fsp3) is 0.270. The molecule has 0 spiro atoms. The molecule has 232 valence electrons. The molecule has 0 saturated heterocycles. The SMILES string of the molecule is COC(=O)[C@H](Cc1ccc(OCCN(C(=O)C2CCCC2)c2ccc(Cl)cc2)cc1)Nc1ccccc1C(=O)c1ccccc1. The van der Waals surface area contributed by atoms with Crippen molar-refractivity contribution >= 4 is 40.6 Å². The molecule has 8 heteroatoms. The van der Waals surface area contributed by atoms with Gasteiger partial charge in [-0.15, -0.1) is 0 Å². The van der Waals surface area contributed by atoms with Crippen LogP contribution in [0.4, 0.5) is 11.4 Å². The molecule has 1 aliphatic rings. The largest absolute Gasteiger partial charge is 0.492 e. The Labute approximate surface area is 269 Å². The molecule has 0 bridgehead atoms. The third-order valence-corrected chi connectivity index (χ3v) is 8.33. The lowest BCUT2D eigenvalue weighted by Crippen LogP contribution is -2.38. The molecule has 1 fully saturated rings. The van der Waals surface area contributed by atoms with E-state index in [1.165, 1.54) is 7.11 Å². The monoisotopic (exact) mass is 624 g/mol. The van der Waals surface area contributed by atoms with Gasteiger partial charge in [0.2, 0.25) is 5.91 Å². The zero-order valence-electron chi connectivity index (χ0n) is 25.3. The van der Waals surface area contributed by atoms with E-state index in [9.17, 15) is 14.4 Å². The van der Waals surface area contributed by atoms with Crippen molar-refractivity contribution in [2.45, 2.75) is 38.1 Å². The number of carbonyl (C=O) groups excluding carboxylic acids is 3. The molecule has 1 aliphatic carbocycles. The minimum absolute atomic E-state index is 0.0414. The van der Waals surface area contributed by atoms with Crippen LogP contribution in [0.15, 0.2) is 103 Å². The maximum atomic E-state index is 13.3. The summed E-state index contributed by atoms with van der Waals surface area (Å²) in [7, 11) is 1.35. The van der Waals surface area contributed by atoms with Crippen molar-refractivity contribution in [1.82, 2.24) is 0 Å². The van der Waals surface area contributed by atoms with E-state index in [0.29, 0.717) is 47.2 Å². The van der Waals surface area contributed by atoms with Crippen molar-refractivity contribution in [3.05, 3.63) is 125 Å². The summed E-state index contributed by atoms with van der Waals surface area (Å²) in [5.41, 5.74) is 3.29. The molecular formula is C37H37ClN2O5. The first-order valence-corrected chi connectivity index (χ1v) is 15.6. The molecule has 45 heavy (non-hydrogen) atoms. The summed E-state index contributed by atoms with van der Waals surface area (Å²) in [6.45, 7) is 0.729. The number of amides is 1. The van der Waals surface area contributed by atoms with Crippen LogP contribution in [0.1, 0.15) is 47.2 Å². The van der Waals surface area contributed by atoms with Gasteiger partial charge in [-0.2, -0.15) is 0 Å². The molecule has 0 heterocycles. The van der Waals surface area contributed by atoms with Gasteiger partial charge in [-0.3, -0.25) is 9.59 Å². The quantitative estimate of drug-likeness (QED) is 0.123. The van der Waals surface area contributed by atoms with E-state index in [4.69, 9.17) is 21.1 Å². The lowest BCUT2D eigenvalue weighted by atomic mass is 10.00. The number of nitrogens with one attached hydrogen (secondary N) is 1. The summed E-state index contributed by atoms with van der Waals surface area (Å²) in [6.07, 6.45) is 4.33. The van der Waals surface area contributed by atoms with Gasteiger partial charge in [-0.25, -0.2) is 4.79 Å². The van der Waals surface area contributed by atoms with Gasteiger partial charge >= 0.3 is 5.97 Å². The van der Waals surface area contributed by atoms with E-state index in [1.807, 2.05) is 60.7 Å². The van der Waals surface area contributed by atoms with Crippen molar-refractivity contribution < 1.29 is 23.9 Å². The van der Waals surface area contributed by atoms with Gasteiger partial charge in [0, 0.05) is 39.9 Å².